The first kappa shape index (κ1) is 10.5. The van der Waals surface area contributed by atoms with Gasteiger partial charge in [-0.25, -0.2) is 9.59 Å². The molecule has 0 saturated carbocycles. The van der Waals surface area contributed by atoms with E-state index in [9.17, 15) is 9.59 Å². The van der Waals surface area contributed by atoms with Crippen LogP contribution in [0.25, 0.3) is 0 Å². The van der Waals surface area contributed by atoms with Crippen LogP contribution < -0.4 is 5.90 Å². The Morgan fingerprint density at radius 2 is 1.88 bits per heavy atom. The van der Waals surface area contributed by atoms with Crippen LogP contribution in [0.15, 0.2) is 0 Å². The predicted octanol–water partition coefficient (Wildman–Crippen LogP) is -1.51. The summed E-state index contributed by atoms with van der Waals surface area (Å²) >= 11 is 0. The first-order chi connectivity index (χ1) is 3.18. The van der Waals surface area contributed by atoms with Gasteiger partial charge in [-0.2, -0.15) is 5.90 Å². The quantitative estimate of drug-likeness (QED) is 0.328. The van der Waals surface area contributed by atoms with Crippen molar-refractivity contribution in [1.82, 2.24) is 0 Å². The molecule has 0 bridgehead atoms. The zero-order chi connectivity index (χ0) is 5.86. The number of carboxylic acids is 1. The fraction of sp³-hybridized carbons (Fsp3) is 0. The molecule has 0 aliphatic carbocycles. The number of hydrogen-bond donors (Lipinski definition) is 2. The molecule has 8 heavy (non-hydrogen) atoms. The van der Waals surface area contributed by atoms with Crippen LogP contribution in [0.4, 0.5) is 0 Å². The molecular formula is C2H3NO4V. The van der Waals surface area contributed by atoms with Crippen molar-refractivity contribution in [3.63, 3.8) is 0 Å². The molecule has 1 radical (unpaired) electrons. The van der Waals surface area contributed by atoms with Crippen LogP contribution in [-0.2, 0) is 33.0 Å². The second kappa shape index (κ2) is 4.64. The van der Waals surface area contributed by atoms with Gasteiger partial charge in [-0.15, -0.1) is 0 Å². The fourth-order valence-corrected chi connectivity index (χ4v) is 0.0504. The molecule has 0 aliphatic heterocycles. The Morgan fingerprint density at radius 3 is 1.88 bits per heavy atom. The average molecular weight is 156 g/mol. The summed E-state index contributed by atoms with van der Waals surface area (Å²) < 4.78 is 0. The van der Waals surface area contributed by atoms with Crippen molar-refractivity contribution >= 4 is 11.9 Å². The molecule has 0 spiro atoms. The molecule has 0 aliphatic rings. The average Bonchev–Trinajstić information content (AvgIpc) is 1.65. The molecule has 0 atom stereocenters. The third kappa shape index (κ3) is 3.67. The molecule has 0 saturated heterocycles. The van der Waals surface area contributed by atoms with E-state index in [2.05, 4.69) is 10.7 Å². The maximum atomic E-state index is 9.56. The molecule has 45 valence electrons. The van der Waals surface area contributed by atoms with Crippen molar-refractivity contribution in [3.8, 4) is 0 Å². The summed E-state index contributed by atoms with van der Waals surface area (Å²) in [4.78, 5) is 22.2. The number of nitrogens with two attached hydrogens (primary N) is 1. The summed E-state index contributed by atoms with van der Waals surface area (Å²) in [7, 11) is 0. The Balaban J connectivity index is 0. The first-order valence-electron chi connectivity index (χ1n) is 1.32. The summed E-state index contributed by atoms with van der Waals surface area (Å²) in [6, 6.07) is 0. The molecule has 0 rings (SSSR count). The van der Waals surface area contributed by atoms with Gasteiger partial charge in [0.15, 0.2) is 0 Å². The van der Waals surface area contributed by atoms with Crippen LogP contribution in [0.3, 0.4) is 0 Å². The smallest absolute Gasteiger partial charge is 0.435 e. The van der Waals surface area contributed by atoms with Gasteiger partial charge in [0, 0.05) is 18.6 Å². The van der Waals surface area contributed by atoms with Gasteiger partial charge in [0.05, 0.1) is 0 Å². The number of rotatable bonds is 0. The normalized spacial score (nSPS) is 6.62. The van der Waals surface area contributed by atoms with Crippen LogP contribution in [-0.4, -0.2) is 17.0 Å². The van der Waals surface area contributed by atoms with Gasteiger partial charge < -0.3 is 9.94 Å². The van der Waals surface area contributed by atoms with Crippen LogP contribution in [0.1, 0.15) is 0 Å². The second-order valence-corrected chi connectivity index (χ2v) is 0.710. The summed E-state index contributed by atoms with van der Waals surface area (Å²) in [6.45, 7) is 0. The van der Waals surface area contributed by atoms with E-state index in [1.165, 1.54) is 0 Å². The maximum absolute atomic E-state index is 9.56. The number of carbonyl (C=O) groups is 2. The minimum Gasteiger partial charge on any atom is -0.473 e. The largest absolute Gasteiger partial charge is 0.473 e. The van der Waals surface area contributed by atoms with Crippen molar-refractivity contribution in [2.24, 2.45) is 5.90 Å². The topological polar surface area (TPSA) is 89.6 Å². The molecule has 0 aromatic heterocycles. The van der Waals surface area contributed by atoms with Gasteiger partial charge in [-0.05, 0) is 0 Å². The molecule has 0 amide bonds. The second-order valence-electron chi connectivity index (χ2n) is 0.710. The Kier molecular flexibility index (Phi) is 6.07. The number of aliphatic carboxylic acids is 1. The van der Waals surface area contributed by atoms with Gasteiger partial charge >= 0.3 is 11.9 Å². The molecule has 0 aromatic rings. The number of hydrogen-bond acceptors (Lipinski definition) is 4. The minimum atomic E-state index is -1.69. The number of carbonyl (C=O) groups excluding carboxylic acids is 1. The van der Waals surface area contributed by atoms with Crippen molar-refractivity contribution < 1.29 is 38.1 Å². The first-order valence-corrected chi connectivity index (χ1v) is 1.32. The predicted molar refractivity (Wildman–Crippen MR) is 17.9 cm³/mol. The molecule has 0 unspecified atom stereocenters. The Hall–Kier alpha value is -0.516. The van der Waals surface area contributed by atoms with Gasteiger partial charge in [0.1, 0.15) is 0 Å². The summed E-state index contributed by atoms with van der Waals surface area (Å²) in [5.74, 6) is 0.992. The third-order valence-electron chi connectivity index (χ3n) is 0.282. The summed E-state index contributed by atoms with van der Waals surface area (Å²) in [6.07, 6.45) is 0. The standard InChI is InChI=1S/C2H3NO4.V/c3-7-2(6)1(4)5;/h3H2,(H,4,5);. The van der Waals surface area contributed by atoms with Crippen LogP contribution in [0, 0.1) is 0 Å². The Morgan fingerprint density at radius 1 is 1.50 bits per heavy atom. The van der Waals surface area contributed by atoms with E-state index < -0.39 is 11.9 Å². The molecule has 3 N–H and O–H groups in total. The number of carboxylic acid groups (broad SMARTS) is 1. The maximum Gasteiger partial charge on any atom is 0.435 e. The molecule has 6 heteroatoms. The van der Waals surface area contributed by atoms with E-state index in [-0.39, 0.29) is 18.6 Å². The van der Waals surface area contributed by atoms with Crippen LogP contribution >= 0.6 is 0 Å². The molecule has 0 fully saturated rings. The van der Waals surface area contributed by atoms with E-state index in [4.69, 9.17) is 5.11 Å². The molecule has 0 heterocycles. The van der Waals surface area contributed by atoms with Gasteiger partial charge in [-0.1, -0.05) is 0 Å². The zero-order valence-corrected chi connectivity index (χ0v) is 5.09. The van der Waals surface area contributed by atoms with E-state index in [1.54, 1.807) is 0 Å². The fourth-order valence-electron chi connectivity index (χ4n) is 0.0504. The van der Waals surface area contributed by atoms with Crippen LogP contribution in [0.5, 0.6) is 0 Å². The van der Waals surface area contributed by atoms with E-state index in [0.717, 1.165) is 0 Å². The van der Waals surface area contributed by atoms with E-state index in [0.29, 0.717) is 0 Å². The molecular weight excluding hydrogens is 153 g/mol. The molecule has 0 aromatic carbocycles. The van der Waals surface area contributed by atoms with Gasteiger partial charge in [-0.3, -0.25) is 0 Å². The molecule has 5 nitrogen and oxygen atoms in total. The summed E-state index contributed by atoms with van der Waals surface area (Å²) in [5, 5.41) is 7.63. The Labute approximate surface area is 56.6 Å². The SMILES string of the molecule is NOC(=O)C(=O)O.[V]. The van der Waals surface area contributed by atoms with E-state index in [1.807, 2.05) is 0 Å². The minimum absolute atomic E-state index is 0. The van der Waals surface area contributed by atoms with Crippen molar-refractivity contribution in [1.29, 1.82) is 0 Å². The van der Waals surface area contributed by atoms with E-state index >= 15 is 0 Å². The van der Waals surface area contributed by atoms with Crippen molar-refractivity contribution in [2.75, 3.05) is 0 Å². The van der Waals surface area contributed by atoms with Gasteiger partial charge in [0.25, 0.3) is 0 Å². The monoisotopic (exact) mass is 156 g/mol. The van der Waals surface area contributed by atoms with Crippen molar-refractivity contribution in [2.45, 2.75) is 0 Å². The summed E-state index contributed by atoms with van der Waals surface area (Å²) in [5.41, 5.74) is 0. The third-order valence-corrected chi connectivity index (χ3v) is 0.282. The zero-order valence-electron chi connectivity index (χ0n) is 3.70. The Bertz CT molecular complexity index is 102. The van der Waals surface area contributed by atoms with Crippen molar-refractivity contribution in [3.05, 3.63) is 0 Å². The van der Waals surface area contributed by atoms with Crippen LogP contribution in [0.2, 0.25) is 0 Å². The van der Waals surface area contributed by atoms with Gasteiger partial charge in [0.2, 0.25) is 0 Å².